The molecular weight excluding hydrogens is 320 g/mol. The summed E-state index contributed by atoms with van der Waals surface area (Å²) in [5.41, 5.74) is 1.68. The molecule has 1 aliphatic carbocycles. The highest BCUT2D eigenvalue weighted by Crippen LogP contribution is 2.29. The predicted octanol–water partition coefficient (Wildman–Crippen LogP) is 2.93. The third kappa shape index (κ3) is 5.89. The topological polar surface area (TPSA) is 95.5 Å². The minimum absolute atomic E-state index is 0.00571. The van der Waals surface area contributed by atoms with Crippen molar-refractivity contribution in [1.82, 2.24) is 5.32 Å². The Kier molecular flexibility index (Phi) is 6.98. The van der Waals surface area contributed by atoms with Gasteiger partial charge in [0.15, 0.2) is 0 Å². The van der Waals surface area contributed by atoms with Gasteiger partial charge in [0.1, 0.15) is 0 Å². The Morgan fingerprint density at radius 1 is 1.12 bits per heavy atom. The van der Waals surface area contributed by atoms with Gasteiger partial charge in [-0.1, -0.05) is 25.5 Å². The monoisotopic (exact) mass is 346 g/mol. The van der Waals surface area contributed by atoms with E-state index in [0.717, 1.165) is 30.5 Å². The van der Waals surface area contributed by atoms with Crippen LogP contribution in [0.3, 0.4) is 0 Å². The largest absolute Gasteiger partial charge is 0.481 e. The maximum Gasteiger partial charge on any atom is 0.306 e. The maximum absolute atomic E-state index is 12.3. The fourth-order valence-electron chi connectivity index (χ4n) is 3.14. The molecule has 6 nitrogen and oxygen atoms in total. The Hall–Kier alpha value is -2.37. The molecule has 0 bridgehead atoms. The molecule has 1 saturated carbocycles. The Labute approximate surface area is 148 Å². The molecule has 6 heteroatoms. The molecule has 2 unspecified atom stereocenters. The first-order valence-corrected chi connectivity index (χ1v) is 8.89. The summed E-state index contributed by atoms with van der Waals surface area (Å²) in [5.74, 6) is -1.52. The number of hydrogen-bond donors (Lipinski definition) is 3. The lowest BCUT2D eigenvalue weighted by Gasteiger charge is -2.25. The van der Waals surface area contributed by atoms with Crippen molar-refractivity contribution < 1.29 is 19.5 Å². The molecule has 1 aliphatic rings. The standard InChI is InChI=1S/C19H26N2O4/c1-2-4-17(22)21-16-9-7-13(8-10-16)12-20-18(23)14-5-3-6-15(11-14)19(24)25/h7-10,14-15H,2-6,11-12H2,1H3,(H,20,23)(H,21,22)(H,24,25). The number of hydrogen-bond acceptors (Lipinski definition) is 3. The number of rotatable bonds is 7. The molecule has 2 atom stereocenters. The molecule has 1 aromatic carbocycles. The third-order valence-electron chi connectivity index (χ3n) is 4.58. The molecule has 0 aromatic heterocycles. The number of benzene rings is 1. The summed E-state index contributed by atoms with van der Waals surface area (Å²) in [6.07, 6.45) is 3.91. The van der Waals surface area contributed by atoms with Gasteiger partial charge in [0.25, 0.3) is 0 Å². The second kappa shape index (κ2) is 9.20. The third-order valence-corrected chi connectivity index (χ3v) is 4.58. The van der Waals surface area contributed by atoms with Gasteiger partial charge in [0.2, 0.25) is 11.8 Å². The molecule has 0 radical (unpaired) electrons. The number of aliphatic carboxylic acids is 1. The highest BCUT2D eigenvalue weighted by atomic mass is 16.4. The van der Waals surface area contributed by atoms with Crippen LogP contribution < -0.4 is 10.6 Å². The van der Waals surface area contributed by atoms with Crippen molar-refractivity contribution in [1.29, 1.82) is 0 Å². The van der Waals surface area contributed by atoms with Gasteiger partial charge in [-0.25, -0.2) is 0 Å². The molecule has 2 amide bonds. The molecule has 1 fully saturated rings. The van der Waals surface area contributed by atoms with Crippen molar-refractivity contribution in [2.45, 2.75) is 52.0 Å². The van der Waals surface area contributed by atoms with Gasteiger partial charge in [-0.15, -0.1) is 0 Å². The Bertz CT molecular complexity index is 612. The average Bonchev–Trinajstić information content (AvgIpc) is 2.61. The number of carbonyl (C=O) groups excluding carboxylic acids is 2. The van der Waals surface area contributed by atoms with E-state index in [4.69, 9.17) is 5.11 Å². The van der Waals surface area contributed by atoms with Crippen LogP contribution >= 0.6 is 0 Å². The van der Waals surface area contributed by atoms with Crippen LogP contribution in [0.25, 0.3) is 0 Å². The van der Waals surface area contributed by atoms with Crippen LogP contribution in [0, 0.1) is 11.8 Å². The number of amides is 2. The van der Waals surface area contributed by atoms with Crippen molar-refractivity contribution in [2.24, 2.45) is 11.8 Å². The fraction of sp³-hybridized carbons (Fsp3) is 0.526. The zero-order valence-electron chi connectivity index (χ0n) is 14.6. The van der Waals surface area contributed by atoms with E-state index in [1.54, 1.807) is 0 Å². The lowest BCUT2D eigenvalue weighted by molar-refractivity contribution is -0.144. The lowest BCUT2D eigenvalue weighted by atomic mass is 9.81. The van der Waals surface area contributed by atoms with Crippen LogP contribution in [-0.4, -0.2) is 22.9 Å². The smallest absolute Gasteiger partial charge is 0.306 e. The Morgan fingerprint density at radius 2 is 1.80 bits per heavy atom. The molecule has 2 rings (SSSR count). The first kappa shape index (κ1) is 19.0. The average molecular weight is 346 g/mol. The summed E-state index contributed by atoms with van der Waals surface area (Å²) in [6.45, 7) is 2.35. The van der Waals surface area contributed by atoms with Gasteiger partial charge in [-0.3, -0.25) is 14.4 Å². The van der Waals surface area contributed by atoms with Crippen molar-refractivity contribution in [2.75, 3.05) is 5.32 Å². The maximum atomic E-state index is 12.3. The summed E-state index contributed by atoms with van der Waals surface area (Å²) < 4.78 is 0. The quantitative estimate of drug-likeness (QED) is 0.707. The molecule has 25 heavy (non-hydrogen) atoms. The van der Waals surface area contributed by atoms with E-state index in [1.807, 2.05) is 31.2 Å². The summed E-state index contributed by atoms with van der Waals surface area (Å²) >= 11 is 0. The SMILES string of the molecule is CCCC(=O)Nc1ccc(CNC(=O)C2CCCC(C(=O)O)C2)cc1. The van der Waals surface area contributed by atoms with Crippen molar-refractivity contribution in [3.05, 3.63) is 29.8 Å². The normalized spacial score (nSPS) is 19.9. The van der Waals surface area contributed by atoms with E-state index in [2.05, 4.69) is 10.6 Å². The fourth-order valence-corrected chi connectivity index (χ4v) is 3.14. The van der Waals surface area contributed by atoms with E-state index in [0.29, 0.717) is 25.8 Å². The molecule has 0 spiro atoms. The van der Waals surface area contributed by atoms with Crippen LogP contribution in [0.5, 0.6) is 0 Å². The first-order valence-electron chi connectivity index (χ1n) is 8.89. The van der Waals surface area contributed by atoms with Gasteiger partial charge in [0.05, 0.1) is 5.92 Å². The molecule has 0 saturated heterocycles. The minimum Gasteiger partial charge on any atom is -0.481 e. The highest BCUT2D eigenvalue weighted by molar-refractivity contribution is 5.90. The Morgan fingerprint density at radius 3 is 2.44 bits per heavy atom. The van der Waals surface area contributed by atoms with E-state index >= 15 is 0 Å². The summed E-state index contributed by atoms with van der Waals surface area (Å²) in [4.78, 5) is 34.9. The first-order chi connectivity index (χ1) is 12.0. The molecule has 0 heterocycles. The second-order valence-electron chi connectivity index (χ2n) is 6.61. The van der Waals surface area contributed by atoms with Crippen LogP contribution in [-0.2, 0) is 20.9 Å². The molecule has 1 aromatic rings. The summed E-state index contributed by atoms with van der Waals surface area (Å²) in [7, 11) is 0. The lowest BCUT2D eigenvalue weighted by Crippen LogP contribution is -2.35. The second-order valence-corrected chi connectivity index (χ2v) is 6.61. The van der Waals surface area contributed by atoms with Gasteiger partial charge in [0, 0.05) is 24.6 Å². The number of anilines is 1. The molecule has 3 N–H and O–H groups in total. The summed E-state index contributed by atoms with van der Waals surface area (Å²) in [6, 6.07) is 7.36. The predicted molar refractivity (Wildman–Crippen MR) is 94.9 cm³/mol. The van der Waals surface area contributed by atoms with Gasteiger partial charge in [-0.05, 0) is 43.4 Å². The van der Waals surface area contributed by atoms with E-state index < -0.39 is 11.9 Å². The number of nitrogens with one attached hydrogen (secondary N) is 2. The van der Waals surface area contributed by atoms with Crippen LogP contribution in [0.2, 0.25) is 0 Å². The van der Waals surface area contributed by atoms with Crippen molar-refractivity contribution in [3.63, 3.8) is 0 Å². The van der Waals surface area contributed by atoms with Crippen molar-refractivity contribution in [3.8, 4) is 0 Å². The molecular formula is C19H26N2O4. The number of carboxylic acid groups (broad SMARTS) is 1. The minimum atomic E-state index is -0.807. The van der Waals surface area contributed by atoms with E-state index in [-0.39, 0.29) is 17.7 Å². The highest BCUT2D eigenvalue weighted by Gasteiger charge is 2.30. The summed E-state index contributed by atoms with van der Waals surface area (Å²) in [5, 5.41) is 14.8. The van der Waals surface area contributed by atoms with Gasteiger partial charge < -0.3 is 15.7 Å². The van der Waals surface area contributed by atoms with Crippen LogP contribution in [0.1, 0.15) is 51.0 Å². The number of carbonyl (C=O) groups is 3. The van der Waals surface area contributed by atoms with Crippen LogP contribution in [0.4, 0.5) is 5.69 Å². The van der Waals surface area contributed by atoms with Gasteiger partial charge >= 0.3 is 5.97 Å². The van der Waals surface area contributed by atoms with Crippen molar-refractivity contribution >= 4 is 23.5 Å². The Balaban J connectivity index is 1.81. The van der Waals surface area contributed by atoms with Gasteiger partial charge in [-0.2, -0.15) is 0 Å². The molecule has 136 valence electrons. The zero-order valence-corrected chi connectivity index (χ0v) is 14.6. The zero-order chi connectivity index (χ0) is 18.2. The van der Waals surface area contributed by atoms with E-state index in [1.165, 1.54) is 0 Å². The molecule has 0 aliphatic heterocycles. The van der Waals surface area contributed by atoms with Crippen LogP contribution in [0.15, 0.2) is 24.3 Å². The number of carboxylic acids is 1. The van der Waals surface area contributed by atoms with E-state index in [9.17, 15) is 14.4 Å².